The molecule has 2 heterocycles. The van der Waals surface area contributed by atoms with Crippen LogP contribution in [0.1, 0.15) is 26.5 Å². The number of carbonyl (C=O) groups is 1. The molecule has 8 heteroatoms. The van der Waals surface area contributed by atoms with Crippen LogP contribution in [0.2, 0.25) is 0 Å². The second-order valence-corrected chi connectivity index (χ2v) is 7.88. The quantitative estimate of drug-likeness (QED) is 0.256. The summed E-state index contributed by atoms with van der Waals surface area (Å²) >= 11 is 17.9. The smallest absolute Gasteiger partial charge is 0.198 e. The van der Waals surface area contributed by atoms with Gasteiger partial charge in [-0.25, -0.2) is 4.98 Å². The Morgan fingerprint density at radius 2 is 1.72 bits per heavy atom. The summed E-state index contributed by atoms with van der Waals surface area (Å²) in [5.74, 6) is -0.545. The highest BCUT2D eigenvalue weighted by Crippen LogP contribution is 2.33. The number of imidazole rings is 1. The molecular weight excluding hydrogens is 429 g/mol. The van der Waals surface area contributed by atoms with Gasteiger partial charge in [-0.2, -0.15) is 0 Å². The standard InChI is InChI=1S/C21H15Cl2N3O2S/c1-25-15-11-14(18(28)13-9-5-6-10-16(13)27)17(19(22)23)24-20(15)26(21(25)29)12-7-3-2-4-8-12/h2-11,19,27H,1H3. The number of aryl methyl sites for hydroxylation is 1. The summed E-state index contributed by atoms with van der Waals surface area (Å²) in [5.41, 5.74) is 2.59. The molecule has 0 atom stereocenters. The first kappa shape index (κ1) is 19.6. The van der Waals surface area contributed by atoms with Gasteiger partial charge in [-0.1, -0.05) is 53.5 Å². The molecule has 29 heavy (non-hydrogen) atoms. The van der Waals surface area contributed by atoms with Gasteiger partial charge in [0.15, 0.2) is 16.2 Å². The normalized spacial score (nSPS) is 11.3. The van der Waals surface area contributed by atoms with Crippen LogP contribution in [0.15, 0.2) is 60.7 Å². The van der Waals surface area contributed by atoms with E-state index in [9.17, 15) is 9.90 Å². The van der Waals surface area contributed by atoms with E-state index in [0.29, 0.717) is 15.9 Å². The largest absolute Gasteiger partial charge is 0.507 e. The van der Waals surface area contributed by atoms with Crippen molar-refractivity contribution in [3.8, 4) is 11.4 Å². The van der Waals surface area contributed by atoms with Crippen LogP contribution in [0, 0.1) is 4.77 Å². The molecule has 2 aromatic carbocycles. The fourth-order valence-electron chi connectivity index (χ4n) is 3.23. The molecule has 0 unspecified atom stereocenters. The first-order valence-electron chi connectivity index (χ1n) is 8.68. The monoisotopic (exact) mass is 443 g/mol. The van der Waals surface area contributed by atoms with Crippen molar-refractivity contribution in [3.05, 3.63) is 82.3 Å². The van der Waals surface area contributed by atoms with Gasteiger partial charge >= 0.3 is 0 Å². The Kier molecular flexibility index (Phi) is 5.17. The van der Waals surface area contributed by atoms with Gasteiger partial charge in [-0.05, 0) is 42.5 Å². The number of phenols is 1. The molecule has 4 rings (SSSR count). The van der Waals surface area contributed by atoms with Crippen molar-refractivity contribution < 1.29 is 9.90 Å². The van der Waals surface area contributed by atoms with Gasteiger partial charge in [0, 0.05) is 18.3 Å². The number of nitrogens with zero attached hydrogens (tertiary/aromatic N) is 3. The number of phenolic OH excluding ortho intramolecular Hbond substituents is 1. The van der Waals surface area contributed by atoms with Crippen LogP contribution >= 0.6 is 35.4 Å². The number of aromatic nitrogens is 3. The molecule has 0 radical (unpaired) electrons. The molecular formula is C21H15Cl2N3O2S. The molecule has 0 saturated carbocycles. The number of hydrogen-bond acceptors (Lipinski definition) is 4. The molecule has 0 aliphatic carbocycles. The zero-order valence-corrected chi connectivity index (χ0v) is 17.5. The summed E-state index contributed by atoms with van der Waals surface area (Å²) in [6, 6.07) is 17.5. The third-order valence-corrected chi connectivity index (χ3v) is 5.55. The molecule has 146 valence electrons. The van der Waals surface area contributed by atoms with E-state index in [-0.39, 0.29) is 22.6 Å². The second kappa shape index (κ2) is 7.63. The highest BCUT2D eigenvalue weighted by Gasteiger charge is 2.24. The predicted molar refractivity (Wildman–Crippen MR) is 117 cm³/mol. The van der Waals surface area contributed by atoms with Gasteiger partial charge in [-0.15, -0.1) is 0 Å². The highest BCUT2D eigenvalue weighted by atomic mass is 35.5. The van der Waals surface area contributed by atoms with E-state index in [4.69, 9.17) is 35.4 Å². The van der Waals surface area contributed by atoms with E-state index in [0.717, 1.165) is 5.69 Å². The Bertz CT molecular complexity index is 1300. The number of hydrogen-bond donors (Lipinski definition) is 1. The van der Waals surface area contributed by atoms with Gasteiger partial charge in [0.2, 0.25) is 0 Å². The fourth-order valence-corrected chi connectivity index (χ4v) is 3.85. The summed E-state index contributed by atoms with van der Waals surface area (Å²) in [7, 11) is 1.80. The van der Waals surface area contributed by atoms with E-state index in [1.807, 2.05) is 30.3 Å². The third-order valence-electron chi connectivity index (χ3n) is 4.68. The minimum atomic E-state index is -1.04. The minimum absolute atomic E-state index is 0.126. The van der Waals surface area contributed by atoms with Gasteiger partial charge in [0.25, 0.3) is 0 Å². The van der Waals surface area contributed by atoms with Crippen molar-refractivity contribution in [3.63, 3.8) is 0 Å². The van der Waals surface area contributed by atoms with Gasteiger partial charge < -0.3 is 9.67 Å². The molecule has 0 spiro atoms. The Hall–Kier alpha value is -2.67. The maximum Gasteiger partial charge on any atom is 0.198 e. The lowest BCUT2D eigenvalue weighted by Gasteiger charge is -2.11. The molecule has 0 bridgehead atoms. The summed E-state index contributed by atoms with van der Waals surface area (Å²) in [4.78, 5) is 16.7. The van der Waals surface area contributed by atoms with Crippen LogP contribution in [0.5, 0.6) is 5.75 Å². The number of aromatic hydroxyl groups is 1. The van der Waals surface area contributed by atoms with Crippen molar-refractivity contribution in [1.82, 2.24) is 14.1 Å². The Labute approximate surface area is 181 Å². The van der Waals surface area contributed by atoms with E-state index in [1.165, 1.54) is 12.1 Å². The van der Waals surface area contributed by atoms with Crippen LogP contribution in [0.3, 0.4) is 0 Å². The number of alkyl halides is 2. The molecule has 0 aliphatic heterocycles. The van der Waals surface area contributed by atoms with Crippen LogP contribution in [-0.4, -0.2) is 25.0 Å². The number of halogens is 2. The van der Waals surface area contributed by atoms with E-state index in [2.05, 4.69) is 4.98 Å². The highest BCUT2D eigenvalue weighted by molar-refractivity contribution is 7.71. The van der Waals surface area contributed by atoms with Crippen molar-refractivity contribution in [2.24, 2.45) is 7.05 Å². The topological polar surface area (TPSA) is 60.0 Å². The van der Waals surface area contributed by atoms with Crippen molar-refractivity contribution in [1.29, 1.82) is 0 Å². The van der Waals surface area contributed by atoms with Crippen LogP contribution in [0.4, 0.5) is 0 Å². The summed E-state index contributed by atoms with van der Waals surface area (Å²) in [6.07, 6.45) is 0. The van der Waals surface area contributed by atoms with E-state index < -0.39 is 10.6 Å². The SMILES string of the molecule is Cn1c(=S)n(-c2ccccc2)c2nc(C(Cl)Cl)c(C(=O)c3ccccc3O)cc21. The summed E-state index contributed by atoms with van der Waals surface area (Å²) in [6.45, 7) is 0. The average Bonchev–Trinajstić information content (AvgIpc) is 2.97. The number of carbonyl (C=O) groups excluding carboxylic acids is 1. The molecule has 0 saturated heterocycles. The molecule has 4 aromatic rings. The Morgan fingerprint density at radius 1 is 1.07 bits per heavy atom. The number of fused-ring (bicyclic) bond motifs is 1. The number of rotatable bonds is 4. The molecule has 0 fully saturated rings. The maximum atomic E-state index is 13.1. The van der Waals surface area contributed by atoms with Crippen LogP contribution in [-0.2, 0) is 7.05 Å². The van der Waals surface area contributed by atoms with Gasteiger partial charge in [0.05, 0.1) is 16.8 Å². The first-order valence-corrected chi connectivity index (χ1v) is 9.97. The van der Waals surface area contributed by atoms with E-state index in [1.54, 1.807) is 34.4 Å². The van der Waals surface area contributed by atoms with Gasteiger partial charge in [0.1, 0.15) is 10.6 Å². The number of benzene rings is 2. The molecule has 2 aromatic heterocycles. The summed E-state index contributed by atoms with van der Waals surface area (Å²) < 4.78 is 4.09. The lowest BCUT2D eigenvalue weighted by atomic mass is 10.0. The number of para-hydroxylation sites is 2. The van der Waals surface area contributed by atoms with Gasteiger partial charge in [-0.3, -0.25) is 9.36 Å². The van der Waals surface area contributed by atoms with Crippen molar-refractivity contribution >= 4 is 52.4 Å². The number of ketones is 1. The Balaban J connectivity index is 2.02. The lowest BCUT2D eigenvalue weighted by Crippen LogP contribution is -2.09. The van der Waals surface area contributed by atoms with Crippen LogP contribution < -0.4 is 0 Å². The maximum absolute atomic E-state index is 13.1. The van der Waals surface area contributed by atoms with Crippen LogP contribution in [0.25, 0.3) is 16.9 Å². The first-order chi connectivity index (χ1) is 13.9. The predicted octanol–water partition coefficient (Wildman–Crippen LogP) is 5.51. The zero-order valence-electron chi connectivity index (χ0n) is 15.2. The fraction of sp³-hybridized carbons (Fsp3) is 0.0952. The van der Waals surface area contributed by atoms with E-state index >= 15 is 0 Å². The molecule has 0 amide bonds. The van der Waals surface area contributed by atoms with Crippen molar-refractivity contribution in [2.75, 3.05) is 0 Å². The molecule has 5 nitrogen and oxygen atoms in total. The van der Waals surface area contributed by atoms with Crippen molar-refractivity contribution in [2.45, 2.75) is 4.84 Å². The average molecular weight is 444 g/mol. The molecule has 1 N–H and O–H groups in total. The number of pyridine rings is 1. The summed E-state index contributed by atoms with van der Waals surface area (Å²) in [5, 5.41) is 10.1. The minimum Gasteiger partial charge on any atom is -0.507 e. The zero-order chi connectivity index (χ0) is 20.7. The second-order valence-electron chi connectivity index (χ2n) is 6.42. The lowest BCUT2D eigenvalue weighted by molar-refractivity contribution is 0.103. The molecule has 0 aliphatic rings. The Morgan fingerprint density at radius 3 is 2.38 bits per heavy atom. The third kappa shape index (κ3) is 3.33.